The second-order valence-corrected chi connectivity index (χ2v) is 7.01. The van der Waals surface area contributed by atoms with Crippen LogP contribution in [0.2, 0.25) is 0 Å². The summed E-state index contributed by atoms with van der Waals surface area (Å²) in [6, 6.07) is 0. The Hall–Kier alpha value is -0.610. The van der Waals surface area contributed by atoms with Crippen LogP contribution >= 0.6 is 0 Å². The molecular formula is C21H42O4. The minimum Gasteiger partial charge on any atom is -0.457 e. The van der Waals surface area contributed by atoms with Crippen molar-refractivity contribution >= 4 is 5.97 Å². The molecule has 0 amide bonds. The number of rotatable bonds is 19. The molecule has 150 valence electrons. The van der Waals surface area contributed by atoms with Crippen LogP contribution in [-0.4, -0.2) is 37.0 Å². The second kappa shape index (κ2) is 19.7. The summed E-state index contributed by atoms with van der Waals surface area (Å²) < 4.78 is 10.8. The number of esters is 1. The summed E-state index contributed by atoms with van der Waals surface area (Å²) in [5.41, 5.74) is 0. The van der Waals surface area contributed by atoms with Gasteiger partial charge in [-0.1, -0.05) is 84.5 Å². The average molecular weight is 359 g/mol. The summed E-state index contributed by atoms with van der Waals surface area (Å²) in [6.45, 7) is 5.20. The fraction of sp³-hybridized carbons (Fsp3) is 0.952. The first-order chi connectivity index (χ1) is 12.2. The average Bonchev–Trinajstić information content (AvgIpc) is 2.62. The van der Waals surface area contributed by atoms with Gasteiger partial charge in [-0.2, -0.15) is 0 Å². The lowest BCUT2D eigenvalue weighted by molar-refractivity contribution is -0.154. The van der Waals surface area contributed by atoms with Crippen molar-refractivity contribution in [1.29, 1.82) is 0 Å². The number of ether oxygens (including phenoxy) is 2. The molecule has 0 aliphatic heterocycles. The molecule has 25 heavy (non-hydrogen) atoms. The van der Waals surface area contributed by atoms with E-state index in [0.29, 0.717) is 19.6 Å². The van der Waals surface area contributed by atoms with E-state index in [1.54, 1.807) is 0 Å². The van der Waals surface area contributed by atoms with Gasteiger partial charge in [-0.05, 0) is 12.8 Å². The molecule has 0 aromatic carbocycles. The van der Waals surface area contributed by atoms with Crippen LogP contribution in [0, 0.1) is 0 Å². The van der Waals surface area contributed by atoms with Crippen LogP contribution in [0.25, 0.3) is 0 Å². The Kier molecular flexibility index (Phi) is 19.2. The Morgan fingerprint density at radius 3 is 1.88 bits per heavy atom. The molecule has 0 aromatic heterocycles. The molecule has 0 spiro atoms. The number of unbranched alkanes of at least 4 members (excludes halogenated alkanes) is 11. The Morgan fingerprint density at radius 1 is 0.800 bits per heavy atom. The van der Waals surface area contributed by atoms with Crippen LogP contribution in [0.3, 0.4) is 0 Å². The van der Waals surface area contributed by atoms with E-state index in [2.05, 4.69) is 13.8 Å². The van der Waals surface area contributed by atoms with Crippen molar-refractivity contribution in [3.05, 3.63) is 0 Å². The van der Waals surface area contributed by atoms with Crippen molar-refractivity contribution < 1.29 is 19.4 Å². The molecule has 0 bridgehead atoms. The van der Waals surface area contributed by atoms with Crippen molar-refractivity contribution in [3.8, 4) is 0 Å². The van der Waals surface area contributed by atoms with E-state index in [4.69, 9.17) is 9.47 Å². The predicted molar refractivity (Wildman–Crippen MR) is 104 cm³/mol. The number of carbonyl (C=O) groups is 1. The van der Waals surface area contributed by atoms with Crippen molar-refractivity contribution in [1.82, 2.24) is 0 Å². The highest BCUT2D eigenvalue weighted by Crippen LogP contribution is 2.10. The molecule has 4 heteroatoms. The smallest absolute Gasteiger partial charge is 0.306 e. The molecule has 0 fully saturated rings. The number of hydrogen-bond donors (Lipinski definition) is 1. The van der Waals surface area contributed by atoms with E-state index < -0.39 is 6.10 Å². The standard InChI is InChI=1S/C21H42O4/c1-3-5-7-9-10-11-12-13-15-17-24-19-20(18-22)25-21(23)16-14-8-6-4-2/h20,22H,3-19H2,1-2H3. The van der Waals surface area contributed by atoms with Gasteiger partial charge in [0, 0.05) is 13.0 Å². The first kappa shape index (κ1) is 24.4. The van der Waals surface area contributed by atoms with Gasteiger partial charge in [-0.25, -0.2) is 0 Å². The van der Waals surface area contributed by atoms with Gasteiger partial charge in [0.1, 0.15) is 6.10 Å². The van der Waals surface area contributed by atoms with Gasteiger partial charge in [0.05, 0.1) is 13.2 Å². The Balaban J connectivity index is 3.44. The quantitative estimate of drug-likeness (QED) is 0.248. The summed E-state index contributed by atoms with van der Waals surface area (Å²) >= 11 is 0. The van der Waals surface area contributed by atoms with Crippen LogP contribution in [-0.2, 0) is 14.3 Å². The van der Waals surface area contributed by atoms with Gasteiger partial charge in [-0.3, -0.25) is 4.79 Å². The Bertz CT molecular complexity index is 281. The molecule has 1 unspecified atom stereocenters. The normalized spacial score (nSPS) is 12.3. The molecule has 0 aromatic rings. The monoisotopic (exact) mass is 358 g/mol. The fourth-order valence-electron chi connectivity index (χ4n) is 2.79. The third-order valence-electron chi connectivity index (χ3n) is 4.43. The molecule has 1 N–H and O–H groups in total. The largest absolute Gasteiger partial charge is 0.457 e. The van der Waals surface area contributed by atoms with Gasteiger partial charge in [-0.15, -0.1) is 0 Å². The zero-order chi connectivity index (χ0) is 18.6. The van der Waals surface area contributed by atoms with Crippen LogP contribution in [0.4, 0.5) is 0 Å². The molecular weight excluding hydrogens is 316 g/mol. The lowest BCUT2D eigenvalue weighted by Crippen LogP contribution is -2.27. The van der Waals surface area contributed by atoms with Crippen LogP contribution in [0.1, 0.15) is 104 Å². The summed E-state index contributed by atoms with van der Waals surface area (Å²) in [6.07, 6.45) is 15.7. The van der Waals surface area contributed by atoms with Gasteiger partial charge in [0.15, 0.2) is 0 Å². The van der Waals surface area contributed by atoms with E-state index in [0.717, 1.165) is 32.1 Å². The van der Waals surface area contributed by atoms with Crippen molar-refractivity contribution in [2.24, 2.45) is 0 Å². The molecule has 0 rings (SSSR count). The third kappa shape index (κ3) is 18.0. The fourth-order valence-corrected chi connectivity index (χ4v) is 2.79. The van der Waals surface area contributed by atoms with Crippen LogP contribution in [0.5, 0.6) is 0 Å². The maximum absolute atomic E-state index is 11.7. The number of aliphatic hydroxyl groups is 1. The lowest BCUT2D eigenvalue weighted by atomic mass is 10.1. The summed E-state index contributed by atoms with van der Waals surface area (Å²) in [7, 11) is 0. The highest BCUT2D eigenvalue weighted by atomic mass is 16.6. The topological polar surface area (TPSA) is 55.8 Å². The SMILES string of the molecule is CCCCCCCCCCCOCC(CO)OC(=O)CCCCCC. The summed E-state index contributed by atoms with van der Waals surface area (Å²) in [4.78, 5) is 11.7. The number of carbonyl (C=O) groups excluding carboxylic acids is 1. The molecule has 0 saturated carbocycles. The third-order valence-corrected chi connectivity index (χ3v) is 4.43. The zero-order valence-electron chi connectivity index (χ0n) is 16.8. The molecule has 0 radical (unpaired) electrons. The molecule has 0 saturated heterocycles. The van der Waals surface area contributed by atoms with Gasteiger partial charge >= 0.3 is 5.97 Å². The minimum absolute atomic E-state index is 0.168. The Morgan fingerprint density at radius 2 is 1.32 bits per heavy atom. The highest BCUT2D eigenvalue weighted by Gasteiger charge is 2.13. The number of hydrogen-bond acceptors (Lipinski definition) is 4. The van der Waals surface area contributed by atoms with E-state index in [9.17, 15) is 9.90 Å². The first-order valence-corrected chi connectivity index (χ1v) is 10.6. The number of aliphatic hydroxyl groups excluding tert-OH is 1. The maximum atomic E-state index is 11.7. The summed E-state index contributed by atoms with van der Waals surface area (Å²) in [5.74, 6) is -0.221. The molecule has 4 nitrogen and oxygen atoms in total. The van der Waals surface area contributed by atoms with Crippen molar-refractivity contribution in [2.45, 2.75) is 110 Å². The van der Waals surface area contributed by atoms with E-state index >= 15 is 0 Å². The highest BCUT2D eigenvalue weighted by molar-refractivity contribution is 5.69. The predicted octanol–water partition coefficient (Wildman–Crippen LogP) is 5.41. The van der Waals surface area contributed by atoms with Gasteiger partial charge in [0.2, 0.25) is 0 Å². The summed E-state index contributed by atoms with van der Waals surface area (Å²) in [5, 5.41) is 9.29. The van der Waals surface area contributed by atoms with Crippen molar-refractivity contribution in [3.63, 3.8) is 0 Å². The van der Waals surface area contributed by atoms with Gasteiger partial charge < -0.3 is 14.6 Å². The van der Waals surface area contributed by atoms with Crippen molar-refractivity contribution in [2.75, 3.05) is 19.8 Å². The minimum atomic E-state index is -0.516. The molecule has 0 heterocycles. The van der Waals surface area contributed by atoms with Crippen LogP contribution < -0.4 is 0 Å². The second-order valence-electron chi connectivity index (χ2n) is 7.01. The first-order valence-electron chi connectivity index (χ1n) is 10.6. The van der Waals surface area contributed by atoms with Crippen LogP contribution in [0.15, 0.2) is 0 Å². The maximum Gasteiger partial charge on any atom is 0.306 e. The zero-order valence-corrected chi connectivity index (χ0v) is 16.8. The van der Waals surface area contributed by atoms with E-state index in [-0.39, 0.29) is 12.6 Å². The lowest BCUT2D eigenvalue weighted by Gasteiger charge is -2.15. The van der Waals surface area contributed by atoms with Gasteiger partial charge in [0.25, 0.3) is 0 Å². The molecule has 1 atom stereocenters. The van der Waals surface area contributed by atoms with E-state index in [1.807, 2.05) is 0 Å². The molecule has 0 aliphatic carbocycles. The van der Waals surface area contributed by atoms with E-state index in [1.165, 1.54) is 51.4 Å². The molecule has 0 aliphatic rings. The Labute approximate surface area is 155 Å².